The minimum atomic E-state index is 0.288. The number of rotatable bonds is 9. The highest BCUT2D eigenvalue weighted by molar-refractivity contribution is 5.80. The van der Waals surface area contributed by atoms with Crippen LogP contribution >= 0.6 is 0 Å². The average molecular weight is 546 g/mol. The summed E-state index contributed by atoms with van der Waals surface area (Å²) in [5.74, 6) is 1.66. The van der Waals surface area contributed by atoms with E-state index in [1.54, 1.807) is 19.5 Å². The number of hydrogen-bond acceptors (Lipinski definition) is 7. The van der Waals surface area contributed by atoms with E-state index in [9.17, 15) is 0 Å². The molecule has 208 valence electrons. The second-order valence-electron chi connectivity index (χ2n) is 10.5. The number of aromatic nitrogens is 4. The summed E-state index contributed by atoms with van der Waals surface area (Å²) in [6.45, 7) is 0.653. The first-order valence-corrected chi connectivity index (χ1v) is 14.1. The van der Waals surface area contributed by atoms with Crippen molar-refractivity contribution in [1.29, 1.82) is 0 Å². The van der Waals surface area contributed by atoms with Crippen LogP contribution in [0.2, 0.25) is 0 Å². The van der Waals surface area contributed by atoms with Crippen molar-refractivity contribution in [3.05, 3.63) is 108 Å². The maximum absolute atomic E-state index is 6.19. The zero-order valence-electron chi connectivity index (χ0n) is 23.2. The largest absolute Gasteiger partial charge is 0.497 e. The number of nitrogens with zero attached hydrogens (tertiary/aromatic N) is 5. The third kappa shape index (κ3) is 6.23. The normalized spacial score (nSPS) is 17.1. The van der Waals surface area contributed by atoms with Crippen LogP contribution in [0.1, 0.15) is 42.5 Å². The fourth-order valence-electron chi connectivity index (χ4n) is 5.32. The van der Waals surface area contributed by atoms with Gasteiger partial charge in [-0.05, 0) is 79.3 Å². The number of nitrogens with one attached hydrogen (secondary N) is 1. The molecule has 1 aliphatic carbocycles. The summed E-state index contributed by atoms with van der Waals surface area (Å²) in [7, 11) is 1.69. The highest BCUT2D eigenvalue weighted by atomic mass is 16.5. The average Bonchev–Trinajstić information content (AvgIpc) is 3.44. The minimum Gasteiger partial charge on any atom is -0.497 e. The first-order chi connectivity index (χ1) is 20.2. The summed E-state index contributed by atoms with van der Waals surface area (Å²) in [6.07, 6.45) is 13.7. The van der Waals surface area contributed by atoms with Crippen molar-refractivity contribution in [2.24, 2.45) is 5.73 Å². The first kappa shape index (κ1) is 26.5. The van der Waals surface area contributed by atoms with Crippen molar-refractivity contribution < 1.29 is 4.74 Å². The van der Waals surface area contributed by atoms with E-state index >= 15 is 0 Å². The Morgan fingerprint density at radius 1 is 0.976 bits per heavy atom. The van der Waals surface area contributed by atoms with Gasteiger partial charge in [-0.25, -0.2) is 9.50 Å². The number of nitrogens with two attached hydrogens (primary N) is 1. The van der Waals surface area contributed by atoms with E-state index in [4.69, 9.17) is 20.6 Å². The van der Waals surface area contributed by atoms with Gasteiger partial charge in [0.1, 0.15) is 11.6 Å². The van der Waals surface area contributed by atoms with Gasteiger partial charge in [0, 0.05) is 42.8 Å². The van der Waals surface area contributed by atoms with E-state index in [0.29, 0.717) is 12.6 Å². The van der Waals surface area contributed by atoms with Gasteiger partial charge < -0.3 is 20.7 Å². The minimum absolute atomic E-state index is 0.288. The van der Waals surface area contributed by atoms with Crippen molar-refractivity contribution in [2.75, 3.05) is 17.3 Å². The lowest BCUT2D eigenvalue weighted by atomic mass is 9.92. The van der Waals surface area contributed by atoms with Crippen LogP contribution in [0.5, 0.6) is 5.75 Å². The number of hydrogen-bond donors (Lipinski definition) is 2. The maximum atomic E-state index is 6.19. The molecule has 41 heavy (non-hydrogen) atoms. The lowest BCUT2D eigenvalue weighted by molar-refractivity contribution is 0.410. The first-order valence-electron chi connectivity index (χ1n) is 14.1. The fourth-order valence-corrected chi connectivity index (χ4v) is 5.32. The molecule has 2 aromatic carbocycles. The van der Waals surface area contributed by atoms with Crippen LogP contribution in [0, 0.1) is 0 Å². The monoisotopic (exact) mass is 545 g/mol. The molecule has 5 aromatic rings. The Morgan fingerprint density at radius 2 is 1.73 bits per heavy atom. The van der Waals surface area contributed by atoms with Gasteiger partial charge in [-0.3, -0.25) is 4.98 Å². The van der Waals surface area contributed by atoms with Crippen LogP contribution in [0.4, 0.5) is 17.2 Å². The van der Waals surface area contributed by atoms with Crippen LogP contribution in [-0.4, -0.2) is 38.8 Å². The summed E-state index contributed by atoms with van der Waals surface area (Å²) >= 11 is 0. The van der Waals surface area contributed by atoms with E-state index in [1.165, 1.54) is 0 Å². The van der Waals surface area contributed by atoms with E-state index < -0.39 is 0 Å². The molecule has 8 heteroatoms. The molecule has 0 aliphatic heterocycles. The molecule has 0 bridgehead atoms. The van der Waals surface area contributed by atoms with Crippen LogP contribution in [-0.2, 0) is 6.54 Å². The lowest BCUT2D eigenvalue weighted by Gasteiger charge is -2.29. The number of methoxy groups -OCH3 is 1. The Morgan fingerprint density at radius 3 is 2.46 bits per heavy atom. The van der Waals surface area contributed by atoms with Crippen molar-refractivity contribution in [2.45, 2.75) is 44.3 Å². The van der Waals surface area contributed by atoms with Gasteiger partial charge in [0.25, 0.3) is 0 Å². The number of benzene rings is 2. The van der Waals surface area contributed by atoms with E-state index in [-0.39, 0.29) is 6.04 Å². The second-order valence-corrected chi connectivity index (χ2v) is 10.5. The third-order valence-corrected chi connectivity index (χ3v) is 7.61. The van der Waals surface area contributed by atoms with Gasteiger partial charge in [0.2, 0.25) is 0 Å². The van der Waals surface area contributed by atoms with Crippen molar-refractivity contribution in [3.63, 3.8) is 0 Å². The predicted molar refractivity (Wildman–Crippen MR) is 165 cm³/mol. The topological polar surface area (TPSA) is 93.6 Å². The number of anilines is 3. The quantitative estimate of drug-likeness (QED) is 0.224. The molecule has 0 spiro atoms. The van der Waals surface area contributed by atoms with Gasteiger partial charge in [0.15, 0.2) is 5.65 Å². The molecule has 0 amide bonds. The highest BCUT2D eigenvalue weighted by Gasteiger charge is 2.22. The van der Waals surface area contributed by atoms with Crippen LogP contribution in [0.15, 0.2) is 91.4 Å². The SMILES string of the molecule is COc1ccc(CN(c2ccccc2)c2cc(NC3CCC(N)CC3)nn3c(C=Cc4ccncc4)cnc23)cc1. The molecule has 0 radical (unpaired) electrons. The fraction of sp³-hybridized carbons (Fsp3) is 0.242. The Labute approximate surface area is 240 Å². The molecule has 1 aliphatic rings. The van der Waals surface area contributed by atoms with E-state index in [1.807, 2.05) is 47.1 Å². The highest BCUT2D eigenvalue weighted by Crippen LogP contribution is 2.34. The maximum Gasteiger partial charge on any atom is 0.178 e. The van der Waals surface area contributed by atoms with Gasteiger partial charge in [-0.2, -0.15) is 0 Å². The van der Waals surface area contributed by atoms with Crippen LogP contribution in [0.25, 0.3) is 17.8 Å². The molecule has 1 saturated carbocycles. The lowest BCUT2D eigenvalue weighted by Crippen LogP contribution is -2.33. The van der Waals surface area contributed by atoms with Crippen LogP contribution < -0.4 is 20.7 Å². The van der Waals surface area contributed by atoms with Gasteiger partial charge in [0.05, 0.1) is 24.7 Å². The van der Waals surface area contributed by atoms with E-state index in [0.717, 1.165) is 71.1 Å². The summed E-state index contributed by atoms with van der Waals surface area (Å²) in [5, 5.41) is 8.75. The van der Waals surface area contributed by atoms with Crippen molar-refractivity contribution in [1.82, 2.24) is 19.6 Å². The molecule has 0 unspecified atom stereocenters. The molecule has 6 rings (SSSR count). The third-order valence-electron chi connectivity index (χ3n) is 7.61. The summed E-state index contributed by atoms with van der Waals surface area (Å²) in [4.78, 5) is 11.3. The van der Waals surface area contributed by atoms with Gasteiger partial charge >= 0.3 is 0 Å². The predicted octanol–water partition coefficient (Wildman–Crippen LogP) is 6.32. The molecule has 0 atom stereocenters. The molecule has 8 nitrogen and oxygen atoms in total. The summed E-state index contributed by atoms with van der Waals surface area (Å²) < 4.78 is 7.33. The molecule has 3 N–H and O–H groups in total. The Balaban J connectivity index is 1.44. The number of pyridine rings is 1. The molecule has 0 saturated heterocycles. The molecule has 3 aromatic heterocycles. The van der Waals surface area contributed by atoms with E-state index in [2.05, 4.69) is 63.7 Å². The Kier molecular flexibility index (Phi) is 7.91. The molecular formula is C33H35N7O. The van der Waals surface area contributed by atoms with Crippen molar-refractivity contribution >= 4 is 35.0 Å². The smallest absolute Gasteiger partial charge is 0.178 e. The number of imidazole rings is 1. The molecular weight excluding hydrogens is 510 g/mol. The summed E-state index contributed by atoms with van der Waals surface area (Å²) in [5.41, 5.74) is 12.1. The number of fused-ring (bicyclic) bond motifs is 1. The summed E-state index contributed by atoms with van der Waals surface area (Å²) in [6, 6.07) is 25.3. The second kappa shape index (κ2) is 12.2. The molecule has 3 heterocycles. The Hall–Kier alpha value is -4.69. The van der Waals surface area contributed by atoms with Gasteiger partial charge in [-0.15, -0.1) is 5.10 Å². The zero-order chi connectivity index (χ0) is 28.0. The van der Waals surface area contributed by atoms with Gasteiger partial charge in [-0.1, -0.05) is 36.4 Å². The van der Waals surface area contributed by atoms with Crippen molar-refractivity contribution in [3.8, 4) is 5.75 Å². The standard InChI is InChI=1S/C33H35N7O/c1-41-30-15-8-25(9-16-30)23-39(28-5-3-2-4-6-28)31-21-32(37-27-12-10-26(34)11-13-27)38-40-29(22-36-33(31)40)14-7-24-17-19-35-20-18-24/h2-9,14-22,26-27H,10-13,23,34H2,1H3,(H,37,38). The molecule has 1 fully saturated rings. The number of para-hydroxylation sites is 1. The van der Waals surface area contributed by atoms with Crippen LogP contribution in [0.3, 0.4) is 0 Å². The number of ether oxygens (including phenoxy) is 1. The zero-order valence-corrected chi connectivity index (χ0v) is 23.2. The Bertz CT molecular complexity index is 1590.